The summed E-state index contributed by atoms with van der Waals surface area (Å²) in [6.45, 7) is 7.92. The van der Waals surface area contributed by atoms with E-state index in [0.29, 0.717) is 38.9 Å². The van der Waals surface area contributed by atoms with E-state index in [-0.39, 0.29) is 60.2 Å². The SMILES string of the molecule is CC.CCCCCCNC(=O)CCC(NC(=O)CCCCCCCCCCCCCCC(=O)O)C(=O)O.CN.O=CNCCCCC1NC(CCC(NS)C(=O)S)CNC1=O. The van der Waals surface area contributed by atoms with Crippen molar-refractivity contribution >= 4 is 66.6 Å². The normalized spacial score (nSPS) is 15.1. The van der Waals surface area contributed by atoms with Crippen LogP contribution in [0, 0.1) is 0 Å². The number of hydrogen-bond donors (Lipinski definition) is 11. The van der Waals surface area contributed by atoms with Crippen molar-refractivity contribution in [2.75, 3.05) is 26.7 Å². The van der Waals surface area contributed by atoms with Crippen LogP contribution in [0.15, 0.2) is 0 Å². The zero-order chi connectivity index (χ0) is 46.5. The number of hydrogen-bond acceptors (Lipinski definition) is 11. The molecule has 4 amide bonds. The van der Waals surface area contributed by atoms with Gasteiger partial charge in [0.1, 0.15) is 6.04 Å². The highest BCUT2D eigenvalue weighted by Crippen LogP contribution is 2.14. The fourth-order valence-electron chi connectivity index (χ4n) is 6.41. The van der Waals surface area contributed by atoms with Crippen LogP contribution >= 0.6 is 25.4 Å². The lowest BCUT2D eigenvalue weighted by Gasteiger charge is -2.31. The monoisotopic (exact) mass is 908 g/mol. The summed E-state index contributed by atoms with van der Waals surface area (Å²) < 4.78 is 2.63. The number of nitrogens with one attached hydrogen (secondary N) is 6. The molecule has 18 heteroatoms. The van der Waals surface area contributed by atoms with Gasteiger partial charge in [-0.05, 0) is 64.8 Å². The van der Waals surface area contributed by atoms with Crippen molar-refractivity contribution in [3.05, 3.63) is 0 Å². The minimum atomic E-state index is -1.10. The van der Waals surface area contributed by atoms with Gasteiger partial charge < -0.3 is 42.5 Å². The highest BCUT2D eigenvalue weighted by molar-refractivity contribution is 7.96. The van der Waals surface area contributed by atoms with Crippen molar-refractivity contribution in [2.24, 2.45) is 5.73 Å². The van der Waals surface area contributed by atoms with Crippen LogP contribution in [0.3, 0.4) is 0 Å². The summed E-state index contributed by atoms with van der Waals surface area (Å²) in [6.07, 6.45) is 22.3. The Balaban J connectivity index is -0.00000111. The molecule has 4 atom stereocenters. The van der Waals surface area contributed by atoms with Crippen LogP contribution < -0.4 is 37.0 Å². The fourth-order valence-corrected chi connectivity index (χ4v) is 6.95. The first kappa shape index (κ1) is 62.4. The third-order valence-corrected chi connectivity index (χ3v) is 10.5. The molecule has 1 aliphatic heterocycles. The third kappa shape index (κ3) is 40.9. The van der Waals surface area contributed by atoms with Gasteiger partial charge >= 0.3 is 11.9 Å². The standard InChI is InChI=1S/C27H50N2O6.C13H24N4O3S2.C2H6.CH5N/c1-2-3-4-17-22-28-24(30)21-20-23(27(34)35)29-25(31)18-15-13-11-9-7-5-6-8-10-12-14-16-19-26(32)33;18-8-14-6-2-1-3-10-12(19)15-7-9(16-10)4-5-11(17-22)13(20)21;2*1-2/h23H,2-22H2,1H3,(H,28,30)(H,29,31)(H,32,33)(H,34,35);8-11,16-17,22H,1-7H2,(H,14,18)(H,15,19)(H,20,21);1-2H3;2H2,1H3. The lowest BCUT2D eigenvalue weighted by atomic mass is 10.0. The molecule has 16 nitrogen and oxygen atoms in total. The van der Waals surface area contributed by atoms with Crippen molar-refractivity contribution < 1.29 is 43.8 Å². The first-order valence-electron chi connectivity index (χ1n) is 22.9. The number of carbonyl (C=O) groups excluding carboxylic acids is 5. The van der Waals surface area contributed by atoms with E-state index in [0.717, 1.165) is 96.3 Å². The summed E-state index contributed by atoms with van der Waals surface area (Å²) in [5.41, 5.74) is 4.50. The Kier molecular flexibility index (Phi) is 47.6. The van der Waals surface area contributed by atoms with Crippen LogP contribution in [-0.2, 0) is 33.6 Å². The number of amides is 4. The Hall–Kier alpha value is -2.93. The molecule has 0 saturated carbocycles. The molecule has 0 aromatic rings. The van der Waals surface area contributed by atoms with E-state index >= 15 is 0 Å². The van der Waals surface area contributed by atoms with Gasteiger partial charge in [-0.3, -0.25) is 33.5 Å². The smallest absolute Gasteiger partial charge is 0.326 e. The zero-order valence-electron chi connectivity index (χ0n) is 37.9. The Morgan fingerprint density at radius 1 is 0.738 bits per heavy atom. The summed E-state index contributed by atoms with van der Waals surface area (Å²) in [7, 11) is 1.50. The molecular weight excluding hydrogens is 823 g/mol. The molecule has 1 rings (SSSR count). The molecule has 0 radical (unpaired) electrons. The average Bonchev–Trinajstić information content (AvgIpc) is 3.24. The van der Waals surface area contributed by atoms with Gasteiger partial charge in [-0.25, -0.2) is 4.79 Å². The molecule has 0 aromatic heterocycles. The Morgan fingerprint density at radius 2 is 1.28 bits per heavy atom. The van der Waals surface area contributed by atoms with Crippen LogP contribution in [0.5, 0.6) is 0 Å². The minimum Gasteiger partial charge on any atom is -0.481 e. The minimum absolute atomic E-state index is 0.00809. The predicted molar refractivity (Wildman–Crippen MR) is 250 cm³/mol. The average molecular weight is 908 g/mol. The molecule has 1 fully saturated rings. The third-order valence-electron chi connectivity index (χ3n) is 9.87. The first-order valence-corrected chi connectivity index (χ1v) is 23.8. The van der Waals surface area contributed by atoms with Gasteiger partial charge in [-0.2, -0.15) is 0 Å². The molecule has 0 bridgehead atoms. The molecule has 0 aliphatic carbocycles. The van der Waals surface area contributed by atoms with Crippen LogP contribution in [-0.4, -0.2) is 102 Å². The van der Waals surface area contributed by atoms with Crippen LogP contribution in [0.25, 0.3) is 0 Å². The second-order valence-corrected chi connectivity index (χ2v) is 15.6. The van der Waals surface area contributed by atoms with Gasteiger partial charge in [-0.15, -0.1) is 12.6 Å². The van der Waals surface area contributed by atoms with Crippen molar-refractivity contribution in [1.82, 2.24) is 31.3 Å². The van der Waals surface area contributed by atoms with Crippen molar-refractivity contribution in [1.29, 1.82) is 0 Å². The number of carboxylic acid groups (broad SMARTS) is 2. The van der Waals surface area contributed by atoms with Crippen LogP contribution in [0.4, 0.5) is 0 Å². The van der Waals surface area contributed by atoms with Gasteiger partial charge in [0.15, 0.2) is 0 Å². The van der Waals surface area contributed by atoms with Gasteiger partial charge in [0.05, 0.1) is 12.1 Å². The predicted octanol–water partition coefficient (Wildman–Crippen LogP) is 5.58. The summed E-state index contributed by atoms with van der Waals surface area (Å²) in [5.74, 6) is -2.24. The van der Waals surface area contributed by atoms with Gasteiger partial charge in [0, 0.05) is 44.9 Å². The quantitative estimate of drug-likeness (QED) is 0.0209. The highest BCUT2D eigenvalue weighted by atomic mass is 32.1. The van der Waals surface area contributed by atoms with E-state index in [2.05, 4.69) is 69.4 Å². The van der Waals surface area contributed by atoms with Gasteiger partial charge in [-0.1, -0.05) is 117 Å². The summed E-state index contributed by atoms with van der Waals surface area (Å²) in [4.78, 5) is 79.0. The topological polar surface area (TPSA) is 258 Å². The van der Waals surface area contributed by atoms with Crippen molar-refractivity contribution in [3.8, 4) is 0 Å². The fraction of sp³-hybridized carbons (Fsp3) is 0.837. The van der Waals surface area contributed by atoms with E-state index in [1.165, 1.54) is 39.2 Å². The zero-order valence-corrected chi connectivity index (χ0v) is 39.7. The number of nitrogens with two attached hydrogens (primary N) is 1. The van der Waals surface area contributed by atoms with Crippen molar-refractivity contribution in [3.63, 3.8) is 0 Å². The van der Waals surface area contributed by atoms with E-state index in [9.17, 15) is 38.7 Å². The van der Waals surface area contributed by atoms with E-state index in [1.54, 1.807) is 0 Å². The molecule has 1 saturated heterocycles. The molecule has 358 valence electrons. The molecule has 4 unspecified atom stereocenters. The second kappa shape index (κ2) is 46.6. The lowest BCUT2D eigenvalue weighted by molar-refractivity contribution is -0.142. The van der Waals surface area contributed by atoms with Crippen molar-refractivity contribution in [2.45, 2.75) is 205 Å². The maximum Gasteiger partial charge on any atom is 0.326 e. The lowest BCUT2D eigenvalue weighted by Crippen LogP contribution is -2.58. The Labute approximate surface area is 378 Å². The van der Waals surface area contributed by atoms with Gasteiger partial charge in [0.25, 0.3) is 0 Å². The second-order valence-electron chi connectivity index (χ2n) is 14.9. The largest absolute Gasteiger partial charge is 0.481 e. The maximum atomic E-state index is 12.1. The van der Waals surface area contributed by atoms with Crippen LogP contribution in [0.2, 0.25) is 0 Å². The maximum absolute atomic E-state index is 12.1. The molecular formula is C43H85N7O9S2. The molecule has 1 aliphatic rings. The number of unbranched alkanes of at least 4 members (excludes halogenated alkanes) is 15. The summed E-state index contributed by atoms with van der Waals surface area (Å²) in [6, 6.07) is -1.50. The van der Waals surface area contributed by atoms with E-state index in [4.69, 9.17) is 5.11 Å². The van der Waals surface area contributed by atoms with E-state index in [1.807, 2.05) is 13.8 Å². The highest BCUT2D eigenvalue weighted by Gasteiger charge is 2.28. The number of carbonyl (C=O) groups is 7. The summed E-state index contributed by atoms with van der Waals surface area (Å²) >= 11 is 7.72. The number of carboxylic acids is 2. The Bertz CT molecular complexity index is 1140. The molecule has 10 N–H and O–H groups in total. The number of piperazine rings is 1. The molecule has 0 spiro atoms. The van der Waals surface area contributed by atoms with Gasteiger partial charge in [0.2, 0.25) is 29.2 Å². The van der Waals surface area contributed by atoms with E-state index < -0.39 is 18.0 Å². The number of aliphatic carboxylic acids is 2. The molecule has 61 heavy (non-hydrogen) atoms. The molecule has 0 aromatic carbocycles. The Morgan fingerprint density at radius 3 is 1.79 bits per heavy atom. The number of rotatable bonds is 36. The molecule has 1 heterocycles. The van der Waals surface area contributed by atoms with Crippen LogP contribution in [0.1, 0.15) is 181 Å². The number of thiol groups is 2. The summed E-state index contributed by atoms with van der Waals surface area (Å²) in [5, 5.41) is 31.9. The first-order chi connectivity index (χ1) is 29.4.